The Labute approximate surface area is 87.2 Å². The molecule has 4 heteroatoms. The molecule has 0 unspecified atom stereocenters. The van der Waals surface area contributed by atoms with Gasteiger partial charge >= 0.3 is 0 Å². The molecule has 1 saturated carbocycles. The van der Waals surface area contributed by atoms with Crippen molar-refractivity contribution in [2.24, 2.45) is 5.41 Å². The maximum atomic E-state index is 11.1. The number of hydrogen-bond acceptors (Lipinski definition) is 3. The molecular weight excluding hydrogens is 198 g/mol. The predicted molar refractivity (Wildman–Crippen MR) is 59.2 cm³/mol. The van der Waals surface area contributed by atoms with Crippen molar-refractivity contribution in [2.45, 2.75) is 33.1 Å². The van der Waals surface area contributed by atoms with Crippen molar-refractivity contribution in [2.75, 3.05) is 24.6 Å². The summed E-state index contributed by atoms with van der Waals surface area (Å²) in [6, 6.07) is 0. The Morgan fingerprint density at radius 1 is 1.36 bits per heavy atom. The molecule has 0 heterocycles. The summed E-state index contributed by atoms with van der Waals surface area (Å²) < 4.78 is 22.3. The number of sulfone groups is 1. The van der Waals surface area contributed by atoms with Crippen LogP contribution in [-0.4, -0.2) is 33.0 Å². The van der Waals surface area contributed by atoms with E-state index in [1.165, 1.54) is 12.8 Å². The zero-order valence-electron chi connectivity index (χ0n) is 9.17. The van der Waals surface area contributed by atoms with Gasteiger partial charge in [-0.25, -0.2) is 8.42 Å². The maximum Gasteiger partial charge on any atom is 0.150 e. The molecule has 0 spiro atoms. The minimum absolute atomic E-state index is 0.269. The van der Waals surface area contributed by atoms with Gasteiger partial charge < -0.3 is 5.32 Å². The predicted octanol–water partition coefficient (Wildman–Crippen LogP) is 1.20. The molecule has 0 aromatic rings. The van der Waals surface area contributed by atoms with Crippen LogP contribution in [0, 0.1) is 5.41 Å². The summed E-state index contributed by atoms with van der Waals surface area (Å²) in [6.07, 6.45) is 3.37. The Balaban J connectivity index is 1.99. The average molecular weight is 219 g/mol. The molecule has 14 heavy (non-hydrogen) atoms. The lowest BCUT2D eigenvalue weighted by Crippen LogP contribution is -2.24. The first-order chi connectivity index (χ1) is 6.47. The molecule has 0 bridgehead atoms. The molecule has 0 amide bonds. The zero-order chi connectivity index (χ0) is 10.7. The van der Waals surface area contributed by atoms with Crippen LogP contribution in [0.25, 0.3) is 0 Å². The van der Waals surface area contributed by atoms with Crippen molar-refractivity contribution >= 4 is 9.84 Å². The molecule has 0 radical (unpaired) electrons. The average Bonchev–Trinajstić information content (AvgIpc) is 2.84. The minimum Gasteiger partial charge on any atom is -0.316 e. The summed E-state index contributed by atoms with van der Waals surface area (Å²) in [6.45, 7) is 5.84. The van der Waals surface area contributed by atoms with Crippen molar-refractivity contribution in [1.29, 1.82) is 0 Å². The van der Waals surface area contributed by atoms with Gasteiger partial charge in [-0.1, -0.05) is 13.8 Å². The quantitative estimate of drug-likeness (QED) is 0.654. The van der Waals surface area contributed by atoms with Crippen molar-refractivity contribution in [3.8, 4) is 0 Å². The van der Waals surface area contributed by atoms with Gasteiger partial charge in [-0.05, 0) is 31.2 Å². The van der Waals surface area contributed by atoms with E-state index >= 15 is 0 Å². The third-order valence-electron chi connectivity index (χ3n) is 2.90. The highest BCUT2D eigenvalue weighted by molar-refractivity contribution is 7.91. The number of rotatable bonds is 7. The summed E-state index contributed by atoms with van der Waals surface area (Å²) in [5.74, 6) is 0.595. The lowest BCUT2D eigenvalue weighted by atomic mass is 10.1. The molecule has 1 aliphatic carbocycles. The smallest absolute Gasteiger partial charge is 0.150 e. The van der Waals surface area contributed by atoms with Gasteiger partial charge in [0.1, 0.15) is 9.84 Å². The van der Waals surface area contributed by atoms with E-state index in [4.69, 9.17) is 0 Å². The lowest BCUT2D eigenvalue weighted by molar-refractivity contribution is 0.499. The van der Waals surface area contributed by atoms with Crippen molar-refractivity contribution in [3.63, 3.8) is 0 Å². The van der Waals surface area contributed by atoms with Crippen molar-refractivity contribution < 1.29 is 8.42 Å². The van der Waals surface area contributed by atoms with E-state index in [-0.39, 0.29) is 5.75 Å². The first-order valence-corrected chi connectivity index (χ1v) is 7.21. The fourth-order valence-electron chi connectivity index (χ4n) is 1.34. The first-order valence-electron chi connectivity index (χ1n) is 5.39. The molecule has 1 N–H and O–H groups in total. The number of nitrogens with one attached hydrogen (secondary N) is 1. The van der Waals surface area contributed by atoms with Crippen LogP contribution in [0.15, 0.2) is 0 Å². The fraction of sp³-hybridized carbons (Fsp3) is 1.00. The Bertz CT molecular complexity index is 268. The van der Waals surface area contributed by atoms with Gasteiger partial charge in [-0.2, -0.15) is 0 Å². The highest BCUT2D eigenvalue weighted by Gasteiger charge is 2.36. The van der Waals surface area contributed by atoms with E-state index in [0.29, 0.717) is 11.2 Å². The number of hydrogen-bond donors (Lipinski definition) is 1. The molecule has 0 aromatic carbocycles. The molecule has 84 valence electrons. The normalized spacial score (nSPS) is 19.6. The minimum atomic E-state index is -2.76. The van der Waals surface area contributed by atoms with E-state index in [2.05, 4.69) is 12.2 Å². The highest BCUT2D eigenvalue weighted by Crippen LogP contribution is 2.43. The van der Waals surface area contributed by atoms with Gasteiger partial charge in [0.25, 0.3) is 0 Å². The van der Waals surface area contributed by atoms with Crippen molar-refractivity contribution in [1.82, 2.24) is 5.32 Å². The molecule has 3 nitrogen and oxygen atoms in total. The maximum absolute atomic E-state index is 11.1. The molecule has 1 aliphatic rings. The molecule has 0 saturated heterocycles. The first kappa shape index (κ1) is 12.0. The van der Waals surface area contributed by atoms with Crippen LogP contribution in [0.2, 0.25) is 0 Å². The Morgan fingerprint density at radius 2 is 2.00 bits per heavy atom. The molecular formula is C10H21NO2S. The lowest BCUT2D eigenvalue weighted by Gasteiger charge is -2.09. The van der Waals surface area contributed by atoms with Crippen LogP contribution in [0.4, 0.5) is 0 Å². The Morgan fingerprint density at radius 3 is 2.50 bits per heavy atom. The van der Waals surface area contributed by atoms with E-state index in [1.54, 1.807) is 6.92 Å². The largest absolute Gasteiger partial charge is 0.316 e. The van der Waals surface area contributed by atoms with Gasteiger partial charge in [0.2, 0.25) is 0 Å². The Hall–Kier alpha value is -0.0900. The topological polar surface area (TPSA) is 46.2 Å². The van der Waals surface area contributed by atoms with Crippen LogP contribution < -0.4 is 5.32 Å². The van der Waals surface area contributed by atoms with Gasteiger partial charge in [0.15, 0.2) is 0 Å². The highest BCUT2D eigenvalue weighted by atomic mass is 32.2. The van der Waals surface area contributed by atoms with Gasteiger partial charge in [0.05, 0.1) is 5.75 Å². The molecule has 0 aliphatic heterocycles. The summed E-state index contributed by atoms with van der Waals surface area (Å²) >= 11 is 0. The van der Waals surface area contributed by atoms with Crippen LogP contribution in [0.3, 0.4) is 0 Å². The van der Waals surface area contributed by atoms with Crippen LogP contribution in [0.5, 0.6) is 0 Å². The third-order valence-corrected chi connectivity index (χ3v) is 4.69. The second kappa shape index (κ2) is 4.62. The molecule has 0 aromatic heterocycles. The van der Waals surface area contributed by atoms with E-state index in [1.807, 2.05) is 0 Å². The van der Waals surface area contributed by atoms with Gasteiger partial charge in [-0.3, -0.25) is 0 Å². The molecule has 0 atom stereocenters. The van der Waals surface area contributed by atoms with Crippen molar-refractivity contribution in [3.05, 3.63) is 0 Å². The second-order valence-corrected chi connectivity index (χ2v) is 7.05. The summed E-state index contributed by atoms with van der Waals surface area (Å²) in [7, 11) is -2.76. The SMILES string of the molecule is CCS(=O)(=O)CCCNCC1(C)CC1. The summed E-state index contributed by atoms with van der Waals surface area (Å²) in [5.41, 5.74) is 0.517. The monoisotopic (exact) mass is 219 g/mol. The van der Waals surface area contributed by atoms with Gasteiger partial charge in [0, 0.05) is 12.3 Å². The second-order valence-electron chi connectivity index (χ2n) is 4.58. The standard InChI is InChI=1S/C10H21NO2S/c1-3-14(12,13)8-4-7-11-9-10(2)5-6-10/h11H,3-9H2,1-2H3. The van der Waals surface area contributed by atoms with E-state index < -0.39 is 9.84 Å². The zero-order valence-corrected chi connectivity index (χ0v) is 9.99. The summed E-state index contributed by atoms with van der Waals surface area (Å²) in [4.78, 5) is 0. The molecule has 1 fully saturated rings. The van der Waals surface area contributed by atoms with Crippen LogP contribution in [0.1, 0.15) is 33.1 Å². The van der Waals surface area contributed by atoms with Crippen LogP contribution in [-0.2, 0) is 9.84 Å². The fourth-order valence-corrected chi connectivity index (χ4v) is 2.21. The van der Waals surface area contributed by atoms with E-state index in [0.717, 1.165) is 19.5 Å². The third kappa shape index (κ3) is 4.42. The van der Waals surface area contributed by atoms with E-state index in [9.17, 15) is 8.42 Å². The molecule has 1 rings (SSSR count). The Kier molecular flexibility index (Phi) is 3.95. The van der Waals surface area contributed by atoms with Crippen LogP contribution >= 0.6 is 0 Å². The van der Waals surface area contributed by atoms with Gasteiger partial charge in [-0.15, -0.1) is 0 Å². The summed E-state index contributed by atoms with van der Waals surface area (Å²) in [5, 5.41) is 3.32.